The predicted octanol–water partition coefficient (Wildman–Crippen LogP) is 7.78. The van der Waals surface area contributed by atoms with E-state index in [0.29, 0.717) is 21.5 Å². The molecule has 0 fully saturated rings. The highest BCUT2D eigenvalue weighted by molar-refractivity contribution is 7.21. The quantitative estimate of drug-likeness (QED) is 0.295. The van der Waals surface area contributed by atoms with Gasteiger partial charge in [0.05, 0.1) is 25.9 Å². The van der Waals surface area contributed by atoms with E-state index >= 15 is 0 Å². The summed E-state index contributed by atoms with van der Waals surface area (Å²) >= 11 is 13.6. The first-order valence-corrected chi connectivity index (χ1v) is 11.0. The fourth-order valence-electron chi connectivity index (χ4n) is 3.21. The molecule has 5 aromatic rings. The van der Waals surface area contributed by atoms with Crippen molar-refractivity contribution in [3.8, 4) is 21.9 Å². The van der Waals surface area contributed by atoms with E-state index in [-0.39, 0.29) is 11.7 Å². The number of rotatable bonds is 4. The topological polar surface area (TPSA) is 55.1 Å². The molecule has 1 N–H and O–H groups in total. The maximum atomic E-state index is 12.9. The van der Waals surface area contributed by atoms with Gasteiger partial charge in [0.1, 0.15) is 10.8 Å². The summed E-state index contributed by atoms with van der Waals surface area (Å²) in [6, 6.07) is 24.1. The third-order valence-corrected chi connectivity index (χ3v) is 6.54. The van der Waals surface area contributed by atoms with Crippen LogP contribution in [0.25, 0.3) is 32.1 Å². The standard InChI is InChI=1S/C24H14Cl2N2O2S/c25-16-10-9-14(13-17(16)26)20-11-12-21(30-20)23(29)27-18-6-2-1-5-15(18)24-28-19-7-3-4-8-22(19)31-24/h1-13H,(H,27,29). The second-order valence-corrected chi connectivity index (χ2v) is 8.62. The average Bonchev–Trinajstić information content (AvgIpc) is 3.43. The van der Waals surface area contributed by atoms with Crippen molar-refractivity contribution in [2.24, 2.45) is 0 Å². The molecule has 0 saturated heterocycles. The molecule has 5 rings (SSSR count). The minimum absolute atomic E-state index is 0.195. The Morgan fingerprint density at radius 2 is 1.71 bits per heavy atom. The van der Waals surface area contributed by atoms with Crippen LogP contribution in [0.1, 0.15) is 10.6 Å². The van der Waals surface area contributed by atoms with Crippen molar-refractivity contribution in [3.05, 3.63) is 94.7 Å². The monoisotopic (exact) mass is 464 g/mol. The van der Waals surface area contributed by atoms with Gasteiger partial charge in [-0.05, 0) is 54.6 Å². The summed E-state index contributed by atoms with van der Waals surface area (Å²) in [5.41, 5.74) is 3.19. The van der Waals surface area contributed by atoms with E-state index in [4.69, 9.17) is 32.6 Å². The molecule has 7 heteroatoms. The molecule has 0 aliphatic rings. The number of fused-ring (bicyclic) bond motifs is 1. The number of furan rings is 1. The molecule has 0 aliphatic carbocycles. The molecule has 0 radical (unpaired) electrons. The van der Waals surface area contributed by atoms with Gasteiger partial charge in [-0.2, -0.15) is 0 Å². The summed E-state index contributed by atoms with van der Waals surface area (Å²) in [6.45, 7) is 0. The largest absolute Gasteiger partial charge is 0.451 e. The minimum atomic E-state index is -0.347. The maximum absolute atomic E-state index is 12.9. The van der Waals surface area contributed by atoms with Crippen LogP contribution >= 0.6 is 34.5 Å². The highest BCUT2D eigenvalue weighted by Crippen LogP contribution is 2.35. The van der Waals surface area contributed by atoms with E-state index in [2.05, 4.69) is 5.32 Å². The number of aromatic nitrogens is 1. The molecule has 0 saturated carbocycles. The van der Waals surface area contributed by atoms with Gasteiger partial charge in [-0.3, -0.25) is 4.79 Å². The molecule has 0 unspecified atom stereocenters. The van der Waals surface area contributed by atoms with Gasteiger partial charge < -0.3 is 9.73 Å². The fraction of sp³-hybridized carbons (Fsp3) is 0. The molecular formula is C24H14Cl2N2O2S. The molecule has 2 aromatic heterocycles. The maximum Gasteiger partial charge on any atom is 0.291 e. The zero-order valence-electron chi connectivity index (χ0n) is 15.9. The van der Waals surface area contributed by atoms with Crippen LogP contribution in [-0.4, -0.2) is 10.9 Å². The molecule has 0 atom stereocenters. The number of anilines is 1. The molecule has 3 aromatic carbocycles. The van der Waals surface area contributed by atoms with Crippen LogP contribution in [0.2, 0.25) is 10.0 Å². The van der Waals surface area contributed by atoms with Crippen molar-refractivity contribution in [1.82, 2.24) is 4.98 Å². The van der Waals surface area contributed by atoms with E-state index in [1.54, 1.807) is 41.7 Å². The number of para-hydroxylation sites is 2. The van der Waals surface area contributed by atoms with Crippen molar-refractivity contribution in [2.45, 2.75) is 0 Å². The number of halogens is 2. The van der Waals surface area contributed by atoms with Crippen LogP contribution in [0.3, 0.4) is 0 Å². The smallest absolute Gasteiger partial charge is 0.291 e. The van der Waals surface area contributed by atoms with E-state index in [1.165, 1.54) is 0 Å². The minimum Gasteiger partial charge on any atom is -0.451 e. The second-order valence-electron chi connectivity index (χ2n) is 6.78. The summed E-state index contributed by atoms with van der Waals surface area (Å²) in [7, 11) is 0. The summed E-state index contributed by atoms with van der Waals surface area (Å²) in [4.78, 5) is 17.6. The number of hydrogen-bond donors (Lipinski definition) is 1. The molecule has 4 nitrogen and oxygen atoms in total. The van der Waals surface area contributed by atoms with Gasteiger partial charge >= 0.3 is 0 Å². The predicted molar refractivity (Wildman–Crippen MR) is 127 cm³/mol. The first kappa shape index (κ1) is 19.8. The van der Waals surface area contributed by atoms with Crippen molar-refractivity contribution < 1.29 is 9.21 Å². The van der Waals surface area contributed by atoms with Gasteiger partial charge in [0.25, 0.3) is 5.91 Å². The Morgan fingerprint density at radius 3 is 2.55 bits per heavy atom. The lowest BCUT2D eigenvalue weighted by molar-refractivity contribution is 0.0997. The Balaban J connectivity index is 1.43. The Labute approximate surface area is 192 Å². The van der Waals surface area contributed by atoms with Crippen LogP contribution in [0.5, 0.6) is 0 Å². The van der Waals surface area contributed by atoms with Gasteiger partial charge in [-0.1, -0.05) is 47.5 Å². The van der Waals surface area contributed by atoms with E-state index in [1.807, 2.05) is 48.5 Å². The highest BCUT2D eigenvalue weighted by Gasteiger charge is 2.16. The number of carbonyl (C=O) groups excluding carboxylic acids is 1. The van der Waals surface area contributed by atoms with Crippen molar-refractivity contribution in [1.29, 1.82) is 0 Å². The molecule has 152 valence electrons. The van der Waals surface area contributed by atoms with Crippen LogP contribution < -0.4 is 5.32 Å². The summed E-state index contributed by atoms with van der Waals surface area (Å²) < 4.78 is 6.86. The van der Waals surface area contributed by atoms with Crippen molar-refractivity contribution >= 4 is 56.3 Å². The first-order chi connectivity index (χ1) is 15.1. The Kier molecular flexibility index (Phi) is 5.24. The molecule has 2 heterocycles. The van der Waals surface area contributed by atoms with Crippen LogP contribution in [0, 0.1) is 0 Å². The van der Waals surface area contributed by atoms with Gasteiger partial charge in [-0.15, -0.1) is 11.3 Å². The van der Waals surface area contributed by atoms with Gasteiger partial charge in [0, 0.05) is 11.1 Å². The highest BCUT2D eigenvalue weighted by atomic mass is 35.5. The molecule has 31 heavy (non-hydrogen) atoms. The number of amides is 1. The first-order valence-electron chi connectivity index (χ1n) is 9.40. The number of carbonyl (C=O) groups is 1. The SMILES string of the molecule is O=C(Nc1ccccc1-c1nc2ccccc2s1)c1ccc(-c2ccc(Cl)c(Cl)c2)o1. The number of thiazole rings is 1. The third kappa shape index (κ3) is 3.95. The van der Waals surface area contributed by atoms with Crippen molar-refractivity contribution in [3.63, 3.8) is 0 Å². The molecule has 1 amide bonds. The van der Waals surface area contributed by atoms with Gasteiger partial charge in [0.2, 0.25) is 0 Å². The summed E-state index contributed by atoms with van der Waals surface area (Å²) in [6.07, 6.45) is 0. The lowest BCUT2D eigenvalue weighted by Gasteiger charge is -2.08. The Bertz CT molecular complexity index is 1390. The van der Waals surface area contributed by atoms with Crippen LogP contribution in [0.4, 0.5) is 5.69 Å². The summed E-state index contributed by atoms with van der Waals surface area (Å²) in [5.74, 6) is 0.378. The molecule has 0 bridgehead atoms. The average molecular weight is 465 g/mol. The number of benzene rings is 3. The van der Waals surface area contributed by atoms with Gasteiger partial charge in [0.15, 0.2) is 5.76 Å². The van der Waals surface area contributed by atoms with Crippen LogP contribution in [0.15, 0.2) is 83.3 Å². The van der Waals surface area contributed by atoms with E-state index in [0.717, 1.165) is 26.4 Å². The van der Waals surface area contributed by atoms with Crippen LogP contribution in [-0.2, 0) is 0 Å². The van der Waals surface area contributed by atoms with Crippen molar-refractivity contribution in [2.75, 3.05) is 5.32 Å². The Hall–Kier alpha value is -3.12. The molecule has 0 aliphatic heterocycles. The number of nitrogens with zero attached hydrogens (tertiary/aromatic N) is 1. The lowest BCUT2D eigenvalue weighted by atomic mass is 10.2. The second kappa shape index (κ2) is 8.19. The third-order valence-electron chi connectivity index (χ3n) is 4.73. The summed E-state index contributed by atoms with van der Waals surface area (Å²) in [5, 5.41) is 4.66. The number of hydrogen-bond acceptors (Lipinski definition) is 4. The molecule has 0 spiro atoms. The fourth-order valence-corrected chi connectivity index (χ4v) is 4.52. The zero-order chi connectivity index (χ0) is 21.4. The zero-order valence-corrected chi connectivity index (χ0v) is 18.3. The molecular weight excluding hydrogens is 451 g/mol. The Morgan fingerprint density at radius 1 is 0.903 bits per heavy atom. The number of nitrogens with one attached hydrogen (secondary N) is 1. The van der Waals surface area contributed by atoms with Gasteiger partial charge in [-0.25, -0.2) is 4.98 Å². The van der Waals surface area contributed by atoms with E-state index < -0.39 is 0 Å². The normalized spacial score (nSPS) is 11.0. The van der Waals surface area contributed by atoms with E-state index in [9.17, 15) is 4.79 Å². The lowest BCUT2D eigenvalue weighted by Crippen LogP contribution is -2.11.